The zero-order valence-electron chi connectivity index (χ0n) is 14.6. The molecule has 25 heavy (non-hydrogen) atoms. The Labute approximate surface area is 148 Å². The summed E-state index contributed by atoms with van der Waals surface area (Å²) in [6.45, 7) is 4.01. The highest BCUT2D eigenvalue weighted by atomic mass is 16.4. The van der Waals surface area contributed by atoms with Crippen LogP contribution in [0.5, 0.6) is 0 Å². The number of carbonyl (C=O) groups excluding carboxylic acids is 1. The molecule has 6 nitrogen and oxygen atoms in total. The van der Waals surface area contributed by atoms with E-state index >= 15 is 0 Å². The Morgan fingerprint density at radius 2 is 1.64 bits per heavy atom. The molecular formula is C19H27N3O3. The molecule has 0 atom stereocenters. The molecule has 136 valence electrons. The van der Waals surface area contributed by atoms with Gasteiger partial charge in [0.2, 0.25) is 0 Å². The molecule has 0 unspecified atom stereocenters. The van der Waals surface area contributed by atoms with E-state index in [1.165, 1.54) is 5.56 Å². The fraction of sp³-hybridized carbons (Fsp3) is 0.579. The number of amides is 2. The maximum atomic E-state index is 12.4. The number of urea groups is 1. The predicted molar refractivity (Wildman–Crippen MR) is 95.2 cm³/mol. The number of hydrogen-bond acceptors (Lipinski definition) is 3. The van der Waals surface area contributed by atoms with Gasteiger partial charge in [-0.3, -0.25) is 9.69 Å². The van der Waals surface area contributed by atoms with E-state index < -0.39 is 5.97 Å². The average Bonchev–Trinajstić information content (AvgIpc) is 2.64. The predicted octanol–water partition coefficient (Wildman–Crippen LogP) is 2.16. The van der Waals surface area contributed by atoms with Gasteiger partial charge in [-0.25, -0.2) is 4.79 Å². The number of piperidine rings is 2. The molecule has 2 aliphatic heterocycles. The van der Waals surface area contributed by atoms with Gasteiger partial charge in [-0.2, -0.15) is 0 Å². The van der Waals surface area contributed by atoms with Crippen molar-refractivity contribution in [3.8, 4) is 0 Å². The maximum absolute atomic E-state index is 12.4. The summed E-state index contributed by atoms with van der Waals surface area (Å²) in [6.07, 6.45) is 3.03. The van der Waals surface area contributed by atoms with Crippen LogP contribution in [0.15, 0.2) is 30.3 Å². The second-order valence-electron chi connectivity index (χ2n) is 7.09. The van der Waals surface area contributed by atoms with E-state index in [4.69, 9.17) is 5.11 Å². The second kappa shape index (κ2) is 8.34. The molecule has 0 radical (unpaired) electrons. The van der Waals surface area contributed by atoms with Crippen LogP contribution >= 0.6 is 0 Å². The monoisotopic (exact) mass is 345 g/mol. The topological polar surface area (TPSA) is 72.9 Å². The Balaban J connectivity index is 1.39. The number of carbonyl (C=O) groups is 2. The molecule has 2 saturated heterocycles. The van der Waals surface area contributed by atoms with E-state index in [-0.39, 0.29) is 18.0 Å². The maximum Gasteiger partial charge on any atom is 0.317 e. The van der Waals surface area contributed by atoms with Crippen molar-refractivity contribution in [2.75, 3.05) is 26.2 Å². The second-order valence-corrected chi connectivity index (χ2v) is 7.09. The Kier molecular flexibility index (Phi) is 5.91. The van der Waals surface area contributed by atoms with Crippen molar-refractivity contribution < 1.29 is 14.7 Å². The van der Waals surface area contributed by atoms with Crippen molar-refractivity contribution >= 4 is 12.0 Å². The summed E-state index contributed by atoms with van der Waals surface area (Å²) in [5.41, 5.74) is 1.33. The summed E-state index contributed by atoms with van der Waals surface area (Å²) in [6, 6.07) is 10.6. The van der Waals surface area contributed by atoms with Crippen molar-refractivity contribution in [3.05, 3.63) is 35.9 Å². The summed E-state index contributed by atoms with van der Waals surface area (Å²) >= 11 is 0. The first-order valence-corrected chi connectivity index (χ1v) is 9.16. The van der Waals surface area contributed by atoms with Crippen LogP contribution in [0, 0.1) is 5.92 Å². The Morgan fingerprint density at radius 1 is 1.00 bits per heavy atom. The molecule has 1 aromatic rings. The lowest BCUT2D eigenvalue weighted by molar-refractivity contribution is -0.143. The van der Waals surface area contributed by atoms with Crippen molar-refractivity contribution in [2.24, 2.45) is 5.92 Å². The molecule has 0 aliphatic carbocycles. The standard InChI is InChI=1S/C19H27N3O3/c23-18(24)16-6-12-22(13-7-16)19(25)20-17-8-10-21(11-9-17)14-15-4-2-1-3-5-15/h1-5,16-17H,6-14H2,(H,20,25)(H,23,24). The number of carboxylic acid groups (broad SMARTS) is 1. The van der Waals surface area contributed by atoms with Gasteiger partial charge in [0.1, 0.15) is 0 Å². The smallest absolute Gasteiger partial charge is 0.317 e. The third-order valence-corrected chi connectivity index (χ3v) is 5.30. The van der Waals surface area contributed by atoms with Crippen LogP contribution in [-0.4, -0.2) is 59.1 Å². The van der Waals surface area contributed by atoms with Gasteiger partial charge in [0, 0.05) is 38.8 Å². The quantitative estimate of drug-likeness (QED) is 0.877. The number of aliphatic carboxylic acids is 1. The first kappa shape index (κ1) is 17.7. The van der Waals surface area contributed by atoms with E-state index in [0.717, 1.165) is 32.5 Å². The first-order valence-electron chi connectivity index (χ1n) is 9.16. The lowest BCUT2D eigenvalue weighted by Gasteiger charge is -2.35. The molecule has 2 heterocycles. The molecule has 2 fully saturated rings. The third-order valence-electron chi connectivity index (χ3n) is 5.30. The van der Waals surface area contributed by atoms with Crippen LogP contribution in [0.4, 0.5) is 4.79 Å². The van der Waals surface area contributed by atoms with Crippen molar-refractivity contribution in [2.45, 2.75) is 38.3 Å². The van der Waals surface area contributed by atoms with E-state index in [9.17, 15) is 9.59 Å². The Morgan fingerprint density at radius 3 is 2.24 bits per heavy atom. The number of benzene rings is 1. The highest BCUT2D eigenvalue weighted by Crippen LogP contribution is 2.18. The van der Waals surface area contributed by atoms with E-state index in [2.05, 4.69) is 34.5 Å². The van der Waals surface area contributed by atoms with Crippen LogP contribution < -0.4 is 5.32 Å². The minimum atomic E-state index is -0.745. The number of rotatable bonds is 4. The fourth-order valence-corrected chi connectivity index (χ4v) is 3.67. The van der Waals surface area contributed by atoms with Gasteiger partial charge in [-0.05, 0) is 31.2 Å². The molecule has 2 N–H and O–H groups in total. The summed E-state index contributed by atoms with van der Waals surface area (Å²) in [5.74, 6) is -1.05. The largest absolute Gasteiger partial charge is 0.481 e. The van der Waals surface area contributed by atoms with Crippen LogP contribution in [0.25, 0.3) is 0 Å². The normalized spacial score (nSPS) is 20.4. The Hall–Kier alpha value is -2.08. The highest BCUT2D eigenvalue weighted by molar-refractivity contribution is 5.75. The van der Waals surface area contributed by atoms with E-state index in [1.54, 1.807) is 4.90 Å². The third kappa shape index (κ3) is 4.95. The molecule has 1 aromatic carbocycles. The molecule has 3 rings (SSSR count). The fourth-order valence-electron chi connectivity index (χ4n) is 3.67. The lowest BCUT2D eigenvalue weighted by Crippen LogP contribution is -2.51. The molecule has 2 amide bonds. The molecule has 6 heteroatoms. The van der Waals surface area contributed by atoms with Gasteiger partial charge in [0.15, 0.2) is 0 Å². The van der Waals surface area contributed by atoms with Gasteiger partial charge in [0.05, 0.1) is 5.92 Å². The van der Waals surface area contributed by atoms with Gasteiger partial charge < -0.3 is 15.3 Å². The Bertz CT molecular complexity index is 577. The molecule has 0 aromatic heterocycles. The molecular weight excluding hydrogens is 318 g/mol. The van der Waals surface area contributed by atoms with Gasteiger partial charge in [-0.1, -0.05) is 30.3 Å². The van der Waals surface area contributed by atoms with Gasteiger partial charge in [-0.15, -0.1) is 0 Å². The number of likely N-dealkylation sites (tertiary alicyclic amines) is 2. The SMILES string of the molecule is O=C(O)C1CCN(C(=O)NC2CCN(Cc3ccccc3)CC2)CC1. The minimum absolute atomic E-state index is 0.0367. The number of nitrogens with zero attached hydrogens (tertiary/aromatic N) is 2. The number of nitrogens with one attached hydrogen (secondary N) is 1. The molecule has 0 spiro atoms. The van der Waals surface area contributed by atoms with E-state index in [1.807, 2.05) is 6.07 Å². The van der Waals surface area contributed by atoms with Gasteiger partial charge >= 0.3 is 12.0 Å². The average molecular weight is 345 g/mol. The first-order chi connectivity index (χ1) is 12.1. The van der Waals surface area contributed by atoms with Crippen LogP contribution in [0.1, 0.15) is 31.2 Å². The van der Waals surface area contributed by atoms with Crippen LogP contribution in [-0.2, 0) is 11.3 Å². The highest BCUT2D eigenvalue weighted by Gasteiger charge is 2.28. The number of carboxylic acids is 1. The number of hydrogen-bond donors (Lipinski definition) is 2. The van der Waals surface area contributed by atoms with Crippen molar-refractivity contribution in [1.82, 2.24) is 15.1 Å². The molecule has 2 aliphatic rings. The van der Waals surface area contributed by atoms with Gasteiger partial charge in [0.25, 0.3) is 0 Å². The summed E-state index contributed by atoms with van der Waals surface area (Å²) < 4.78 is 0. The van der Waals surface area contributed by atoms with Crippen LogP contribution in [0.3, 0.4) is 0 Å². The summed E-state index contributed by atoms with van der Waals surface area (Å²) in [5, 5.41) is 12.2. The van der Waals surface area contributed by atoms with Crippen molar-refractivity contribution in [3.63, 3.8) is 0 Å². The zero-order chi connectivity index (χ0) is 17.6. The zero-order valence-corrected chi connectivity index (χ0v) is 14.6. The molecule has 0 saturated carbocycles. The van der Waals surface area contributed by atoms with Crippen molar-refractivity contribution in [1.29, 1.82) is 0 Å². The molecule has 0 bridgehead atoms. The van der Waals surface area contributed by atoms with E-state index in [0.29, 0.717) is 25.9 Å². The minimum Gasteiger partial charge on any atom is -0.481 e. The summed E-state index contributed by atoms with van der Waals surface area (Å²) in [7, 11) is 0. The summed E-state index contributed by atoms with van der Waals surface area (Å²) in [4.78, 5) is 27.5. The van der Waals surface area contributed by atoms with Crippen LogP contribution in [0.2, 0.25) is 0 Å². The lowest BCUT2D eigenvalue weighted by atomic mass is 9.97.